The Balaban J connectivity index is 2.04. The number of hydrogen-bond acceptors (Lipinski definition) is 3. The Morgan fingerprint density at radius 2 is 1.61 bits per heavy atom. The first-order valence-electron chi connectivity index (χ1n) is 5.87. The Hall–Kier alpha value is -2.00. The molecule has 0 aliphatic rings. The Morgan fingerprint density at radius 1 is 0.944 bits per heavy atom. The lowest BCUT2D eigenvalue weighted by Crippen LogP contribution is -2.01. The third-order valence-electron chi connectivity index (χ3n) is 2.51. The van der Waals surface area contributed by atoms with Crippen molar-refractivity contribution >= 4 is 0 Å². The summed E-state index contributed by atoms with van der Waals surface area (Å²) in [7, 11) is 0. The Labute approximate surface area is 107 Å². The molecule has 2 aromatic rings. The lowest BCUT2D eigenvalue weighted by Gasteiger charge is -2.09. The Bertz CT molecular complexity index is 491. The van der Waals surface area contributed by atoms with Crippen LogP contribution < -0.4 is 9.47 Å². The molecule has 0 fully saturated rings. The molecule has 0 saturated heterocycles. The number of rotatable bonds is 5. The minimum absolute atomic E-state index is 0.0153. The molecular formula is C15H16O3. The second kappa shape index (κ2) is 6.07. The normalized spacial score (nSPS) is 10.1. The highest BCUT2D eigenvalue weighted by atomic mass is 16.5. The third-order valence-corrected chi connectivity index (χ3v) is 2.51. The molecule has 0 aliphatic heterocycles. The third kappa shape index (κ3) is 3.25. The smallest absolute Gasteiger partial charge is 0.130 e. The molecule has 2 aromatic carbocycles. The molecule has 0 atom stereocenters. The van der Waals surface area contributed by atoms with Gasteiger partial charge in [0.2, 0.25) is 0 Å². The molecular weight excluding hydrogens is 228 g/mol. The van der Waals surface area contributed by atoms with Crippen molar-refractivity contribution in [2.45, 2.75) is 6.92 Å². The highest BCUT2D eigenvalue weighted by molar-refractivity contribution is 5.38. The van der Waals surface area contributed by atoms with Crippen molar-refractivity contribution in [3.8, 4) is 17.2 Å². The molecule has 0 saturated carbocycles. The quantitative estimate of drug-likeness (QED) is 0.878. The molecule has 0 amide bonds. The lowest BCUT2D eigenvalue weighted by atomic mass is 10.2. The molecule has 94 valence electrons. The molecule has 3 nitrogen and oxygen atoms in total. The summed E-state index contributed by atoms with van der Waals surface area (Å²) in [5.74, 6) is 2.34. The maximum atomic E-state index is 8.66. The van der Waals surface area contributed by atoms with Gasteiger partial charge >= 0.3 is 0 Å². The second-order valence-electron chi connectivity index (χ2n) is 3.91. The second-order valence-corrected chi connectivity index (χ2v) is 3.91. The summed E-state index contributed by atoms with van der Waals surface area (Å²) in [6, 6.07) is 15.2. The van der Waals surface area contributed by atoms with Crippen LogP contribution in [0.5, 0.6) is 17.2 Å². The van der Waals surface area contributed by atoms with E-state index in [4.69, 9.17) is 14.6 Å². The number of aryl methyl sites for hydroxylation is 1. The van der Waals surface area contributed by atoms with Gasteiger partial charge in [0.1, 0.15) is 23.9 Å². The van der Waals surface area contributed by atoms with E-state index in [1.54, 1.807) is 0 Å². The maximum absolute atomic E-state index is 8.66. The lowest BCUT2D eigenvalue weighted by molar-refractivity contribution is 0.201. The van der Waals surface area contributed by atoms with Crippen LogP contribution >= 0.6 is 0 Å². The fraction of sp³-hybridized carbons (Fsp3) is 0.200. The number of ether oxygens (including phenoxy) is 2. The first-order chi connectivity index (χ1) is 8.79. The molecule has 0 unspecified atom stereocenters. The summed E-state index contributed by atoms with van der Waals surface area (Å²) < 4.78 is 11.0. The highest BCUT2D eigenvalue weighted by Gasteiger charge is 2.00. The Kier molecular flexibility index (Phi) is 4.20. The van der Waals surface area contributed by atoms with Gasteiger partial charge in [-0.3, -0.25) is 0 Å². The SMILES string of the molecule is Cc1ccccc1Oc1ccc(OCCO)cc1. The van der Waals surface area contributed by atoms with Gasteiger partial charge < -0.3 is 14.6 Å². The summed E-state index contributed by atoms with van der Waals surface area (Å²) in [4.78, 5) is 0. The van der Waals surface area contributed by atoms with E-state index in [2.05, 4.69) is 0 Å². The van der Waals surface area contributed by atoms with Gasteiger partial charge in [0, 0.05) is 0 Å². The molecule has 18 heavy (non-hydrogen) atoms. The predicted octanol–water partition coefficient (Wildman–Crippen LogP) is 3.16. The highest BCUT2D eigenvalue weighted by Crippen LogP contribution is 2.26. The van der Waals surface area contributed by atoms with Crippen molar-refractivity contribution in [2.24, 2.45) is 0 Å². The van der Waals surface area contributed by atoms with Crippen molar-refractivity contribution in [1.82, 2.24) is 0 Å². The molecule has 0 bridgehead atoms. The summed E-state index contributed by atoms with van der Waals surface area (Å²) in [6.45, 7) is 2.33. The maximum Gasteiger partial charge on any atom is 0.130 e. The van der Waals surface area contributed by atoms with E-state index >= 15 is 0 Å². The largest absolute Gasteiger partial charge is 0.491 e. The fourth-order valence-corrected chi connectivity index (χ4v) is 1.57. The van der Waals surface area contributed by atoms with Crippen LogP contribution in [0, 0.1) is 6.92 Å². The van der Waals surface area contributed by atoms with Crippen LogP contribution in [-0.2, 0) is 0 Å². The standard InChI is InChI=1S/C15H16O3/c1-12-4-2-3-5-15(12)18-14-8-6-13(7-9-14)17-11-10-16/h2-9,16H,10-11H2,1H3. The van der Waals surface area contributed by atoms with Crippen molar-refractivity contribution in [1.29, 1.82) is 0 Å². The topological polar surface area (TPSA) is 38.7 Å². The van der Waals surface area contributed by atoms with Crippen LogP contribution in [0.3, 0.4) is 0 Å². The van der Waals surface area contributed by atoms with Crippen molar-refractivity contribution < 1.29 is 14.6 Å². The number of aliphatic hydroxyl groups excluding tert-OH is 1. The molecule has 0 aliphatic carbocycles. The van der Waals surface area contributed by atoms with Gasteiger partial charge in [-0.15, -0.1) is 0 Å². The predicted molar refractivity (Wildman–Crippen MR) is 70.3 cm³/mol. The average Bonchev–Trinajstić information content (AvgIpc) is 2.41. The summed E-state index contributed by atoms with van der Waals surface area (Å²) in [5.41, 5.74) is 1.10. The van der Waals surface area contributed by atoms with E-state index in [1.165, 1.54) is 0 Å². The minimum Gasteiger partial charge on any atom is -0.491 e. The first-order valence-corrected chi connectivity index (χ1v) is 5.87. The van der Waals surface area contributed by atoms with Gasteiger partial charge in [-0.05, 0) is 42.8 Å². The van der Waals surface area contributed by atoms with Gasteiger partial charge in [-0.1, -0.05) is 18.2 Å². The average molecular weight is 244 g/mol. The summed E-state index contributed by atoms with van der Waals surface area (Å²) in [5, 5.41) is 8.66. The zero-order chi connectivity index (χ0) is 12.8. The van der Waals surface area contributed by atoms with Crippen LogP contribution in [0.2, 0.25) is 0 Å². The van der Waals surface area contributed by atoms with E-state index in [0.717, 1.165) is 22.8 Å². The zero-order valence-electron chi connectivity index (χ0n) is 10.3. The van der Waals surface area contributed by atoms with Crippen LogP contribution in [0.4, 0.5) is 0 Å². The van der Waals surface area contributed by atoms with Crippen LogP contribution in [0.25, 0.3) is 0 Å². The van der Waals surface area contributed by atoms with E-state index in [1.807, 2.05) is 55.5 Å². The molecule has 0 radical (unpaired) electrons. The van der Waals surface area contributed by atoms with E-state index in [0.29, 0.717) is 6.61 Å². The minimum atomic E-state index is 0.0153. The summed E-state index contributed by atoms with van der Waals surface area (Å²) >= 11 is 0. The molecule has 1 N–H and O–H groups in total. The molecule has 3 heteroatoms. The summed E-state index contributed by atoms with van der Waals surface area (Å²) in [6.07, 6.45) is 0. The number of aliphatic hydroxyl groups is 1. The van der Waals surface area contributed by atoms with Crippen LogP contribution in [-0.4, -0.2) is 18.3 Å². The van der Waals surface area contributed by atoms with Gasteiger partial charge in [-0.25, -0.2) is 0 Å². The van der Waals surface area contributed by atoms with Gasteiger partial charge in [0.25, 0.3) is 0 Å². The van der Waals surface area contributed by atoms with Gasteiger partial charge in [0.05, 0.1) is 6.61 Å². The zero-order valence-corrected chi connectivity index (χ0v) is 10.3. The fourth-order valence-electron chi connectivity index (χ4n) is 1.57. The number of para-hydroxylation sites is 1. The van der Waals surface area contributed by atoms with E-state index in [9.17, 15) is 0 Å². The van der Waals surface area contributed by atoms with E-state index in [-0.39, 0.29) is 6.61 Å². The van der Waals surface area contributed by atoms with Crippen molar-refractivity contribution in [2.75, 3.05) is 13.2 Å². The monoisotopic (exact) mass is 244 g/mol. The van der Waals surface area contributed by atoms with Crippen LogP contribution in [0.15, 0.2) is 48.5 Å². The van der Waals surface area contributed by atoms with E-state index < -0.39 is 0 Å². The number of benzene rings is 2. The van der Waals surface area contributed by atoms with Gasteiger partial charge in [0.15, 0.2) is 0 Å². The van der Waals surface area contributed by atoms with Crippen LogP contribution in [0.1, 0.15) is 5.56 Å². The number of hydrogen-bond donors (Lipinski definition) is 1. The van der Waals surface area contributed by atoms with Crippen molar-refractivity contribution in [3.63, 3.8) is 0 Å². The first kappa shape index (κ1) is 12.5. The molecule has 0 heterocycles. The molecule has 2 rings (SSSR count). The molecule has 0 spiro atoms. The molecule has 0 aromatic heterocycles. The Morgan fingerprint density at radius 3 is 2.28 bits per heavy atom. The van der Waals surface area contributed by atoms with Gasteiger partial charge in [-0.2, -0.15) is 0 Å². The van der Waals surface area contributed by atoms with Crippen molar-refractivity contribution in [3.05, 3.63) is 54.1 Å².